The van der Waals surface area contributed by atoms with Crippen molar-refractivity contribution in [3.05, 3.63) is 168 Å². The van der Waals surface area contributed by atoms with Crippen molar-refractivity contribution < 1.29 is 37.5 Å². The number of hydrogen-bond donors (Lipinski definition) is 1. The van der Waals surface area contributed by atoms with Gasteiger partial charge in [-0.15, -0.1) is 0 Å². The molecule has 5 aromatic carbocycles. The molecule has 1 N–H and O–H groups in total. The van der Waals surface area contributed by atoms with Crippen molar-refractivity contribution in [3.8, 4) is 23.3 Å². The van der Waals surface area contributed by atoms with Gasteiger partial charge in [-0.2, -0.15) is 10.2 Å². The van der Waals surface area contributed by atoms with Crippen LogP contribution in [0.3, 0.4) is 0 Å². The van der Waals surface area contributed by atoms with E-state index in [1.165, 1.54) is 0 Å². The number of hydrogen-bond acceptors (Lipinski definition) is 14. The Morgan fingerprint density at radius 3 is 2.07 bits per heavy atom. The van der Waals surface area contributed by atoms with Gasteiger partial charge >= 0.3 is 5.97 Å². The molecule has 0 bridgehead atoms. The second-order valence-corrected chi connectivity index (χ2v) is 18.2. The first kappa shape index (κ1) is 48.7. The molecule has 0 amide bonds. The molecule has 1 aliphatic rings. The zero-order valence-corrected chi connectivity index (χ0v) is 40.4. The van der Waals surface area contributed by atoms with Gasteiger partial charge in [-0.1, -0.05) is 84.9 Å². The third-order valence-electron chi connectivity index (χ3n) is 11.7. The van der Waals surface area contributed by atoms with Gasteiger partial charge in [0.15, 0.2) is 11.4 Å². The van der Waals surface area contributed by atoms with Crippen LogP contribution >= 0.6 is 8.53 Å². The fourth-order valence-corrected chi connectivity index (χ4v) is 10.2. The number of carbonyl (C=O) groups excluding carboxylic acids is 1. The Labute approximate surface area is 403 Å². The molecule has 8 rings (SSSR count). The molecule has 4 atom stereocenters. The summed E-state index contributed by atoms with van der Waals surface area (Å²) in [5.41, 5.74) is 3.46. The first-order valence-electron chi connectivity index (χ1n) is 22.8. The Hall–Kier alpha value is -6.76. The predicted molar refractivity (Wildman–Crippen MR) is 263 cm³/mol. The summed E-state index contributed by atoms with van der Waals surface area (Å²) in [6, 6.07) is 44.1. The molecule has 0 radical (unpaired) electrons. The molecule has 1 aliphatic heterocycles. The number of benzene rings is 5. The van der Waals surface area contributed by atoms with Crippen LogP contribution in [-0.2, 0) is 24.1 Å². The van der Waals surface area contributed by atoms with Crippen molar-refractivity contribution in [2.24, 2.45) is 0 Å². The third kappa shape index (κ3) is 11.1. The number of aromatic nitrogens is 4. The van der Waals surface area contributed by atoms with Crippen molar-refractivity contribution in [3.63, 3.8) is 0 Å². The molecule has 356 valence electrons. The van der Waals surface area contributed by atoms with Crippen LogP contribution in [0.4, 0.5) is 11.6 Å². The maximum absolute atomic E-state index is 13.0. The van der Waals surface area contributed by atoms with E-state index >= 15 is 0 Å². The number of methoxy groups -OCH3 is 2. The summed E-state index contributed by atoms with van der Waals surface area (Å²) in [6.07, 6.45) is 2.07. The average molecular weight is 950 g/mol. The lowest BCUT2D eigenvalue weighted by molar-refractivity contribution is -0.0912. The van der Waals surface area contributed by atoms with Crippen molar-refractivity contribution in [1.82, 2.24) is 24.2 Å². The normalized spacial score (nSPS) is 16.4. The van der Waals surface area contributed by atoms with Crippen LogP contribution in [0.2, 0.25) is 0 Å². The summed E-state index contributed by atoms with van der Waals surface area (Å²) in [7, 11) is 1.61. The Kier molecular flexibility index (Phi) is 15.9. The predicted octanol–water partition coefficient (Wildman–Crippen LogP) is 10.8. The van der Waals surface area contributed by atoms with Gasteiger partial charge in [0.2, 0.25) is 5.95 Å². The number of nitrogens with one attached hydrogen (secondary N) is 1. The maximum atomic E-state index is 13.0. The molecular formula is C53H56N7O8P. The van der Waals surface area contributed by atoms with Crippen molar-refractivity contribution >= 4 is 37.3 Å². The number of imidazole rings is 1. The van der Waals surface area contributed by atoms with Crippen LogP contribution in [0, 0.1) is 11.3 Å². The lowest BCUT2D eigenvalue weighted by Crippen LogP contribution is -2.39. The van der Waals surface area contributed by atoms with Gasteiger partial charge in [-0.3, -0.25) is 4.57 Å². The summed E-state index contributed by atoms with van der Waals surface area (Å²) in [5.74, 6) is 1.49. The number of fused-ring (bicyclic) bond motifs is 1. The Bertz CT molecular complexity index is 2750. The van der Waals surface area contributed by atoms with E-state index in [0.29, 0.717) is 46.1 Å². The molecule has 1 saturated heterocycles. The smallest absolute Gasteiger partial charge is 0.343 e. The number of carbonyl (C=O) groups is 1. The first-order chi connectivity index (χ1) is 33.6. The summed E-state index contributed by atoms with van der Waals surface area (Å²) in [6.45, 7) is 8.70. The number of nitriles is 1. The highest BCUT2D eigenvalue weighted by molar-refractivity contribution is 7.44. The largest absolute Gasteiger partial charge is 0.497 e. The zero-order valence-electron chi connectivity index (χ0n) is 39.5. The standard InChI is InChI=1S/C53H56N7O8P/c1-36(2)60(37(3)4)69(65-31-15-30-54)68-47-32-49(59-35-56-45-33-55-52(58-50(45)59)57-44-20-13-14-21-46(44)67-51(61)38-16-9-7-10-17-38)66-48(47)34-64-53(39-18-11-8-12-19-39,40-22-26-42(62-5)27-23-40)41-24-28-43(63-6)29-25-41/h7-14,16-29,33,35-37,47-49H,15,31-32,34H2,1-6H3,(H,55,57,58)/t47-,48+,49+,69?/m0/s1. The van der Waals surface area contributed by atoms with E-state index in [1.54, 1.807) is 69.2 Å². The molecule has 69 heavy (non-hydrogen) atoms. The van der Waals surface area contributed by atoms with E-state index in [1.807, 2.05) is 83.4 Å². The lowest BCUT2D eigenvalue weighted by atomic mass is 9.80. The van der Waals surface area contributed by atoms with Crippen molar-refractivity contribution in [1.29, 1.82) is 5.26 Å². The number of anilines is 2. The van der Waals surface area contributed by atoms with Gasteiger partial charge in [0.25, 0.3) is 8.53 Å². The SMILES string of the molecule is COc1ccc(C(OC[C@H]2O[C@@H](n3cnc4cnc(Nc5ccccc5OC(=O)c5ccccc5)nc43)C[C@@H]2OP(OCCC#N)N(C(C)C)C(C)C)(c2ccccc2)c2ccc(OC)cc2)cc1. The molecule has 3 heterocycles. The summed E-state index contributed by atoms with van der Waals surface area (Å²) in [4.78, 5) is 27.2. The number of ether oxygens (including phenoxy) is 5. The van der Waals surface area contributed by atoms with Crippen LogP contribution < -0.4 is 19.5 Å². The van der Waals surface area contributed by atoms with Gasteiger partial charge in [0.05, 0.1) is 69.8 Å². The van der Waals surface area contributed by atoms with E-state index < -0.39 is 38.5 Å². The van der Waals surface area contributed by atoms with Crippen LogP contribution in [0.15, 0.2) is 146 Å². The maximum Gasteiger partial charge on any atom is 0.343 e. The minimum Gasteiger partial charge on any atom is -0.497 e. The van der Waals surface area contributed by atoms with Crippen LogP contribution in [0.1, 0.15) is 73.8 Å². The minimum absolute atomic E-state index is 0.0640. The minimum atomic E-state index is -1.68. The van der Waals surface area contributed by atoms with E-state index in [2.05, 4.69) is 65.9 Å². The highest BCUT2D eigenvalue weighted by Crippen LogP contribution is 2.51. The van der Waals surface area contributed by atoms with Gasteiger partial charge in [-0.05, 0) is 92.9 Å². The summed E-state index contributed by atoms with van der Waals surface area (Å²) < 4.78 is 49.1. The van der Waals surface area contributed by atoms with Gasteiger partial charge < -0.3 is 38.0 Å². The highest BCUT2D eigenvalue weighted by Gasteiger charge is 2.45. The van der Waals surface area contributed by atoms with Gasteiger partial charge in [-0.25, -0.2) is 19.4 Å². The molecule has 0 saturated carbocycles. The van der Waals surface area contributed by atoms with Gasteiger partial charge in [0.1, 0.15) is 34.9 Å². The van der Waals surface area contributed by atoms with E-state index in [0.717, 1.165) is 16.7 Å². The van der Waals surface area contributed by atoms with E-state index in [9.17, 15) is 10.1 Å². The average Bonchev–Trinajstić information content (AvgIpc) is 3.99. The number of para-hydroxylation sites is 2. The summed E-state index contributed by atoms with van der Waals surface area (Å²) >= 11 is 0. The Morgan fingerprint density at radius 1 is 0.841 bits per heavy atom. The fraction of sp³-hybridized carbons (Fsp3) is 0.302. The number of esters is 1. The molecule has 15 nitrogen and oxygen atoms in total. The molecule has 0 aliphatic carbocycles. The topological polar surface area (TPSA) is 164 Å². The van der Waals surface area contributed by atoms with Gasteiger partial charge in [0, 0.05) is 18.5 Å². The molecule has 1 unspecified atom stereocenters. The molecule has 1 fully saturated rings. The van der Waals surface area contributed by atoms with Crippen LogP contribution in [-0.4, -0.2) is 81.9 Å². The molecule has 2 aromatic heterocycles. The first-order valence-corrected chi connectivity index (χ1v) is 24.0. The third-order valence-corrected chi connectivity index (χ3v) is 13.8. The zero-order chi connectivity index (χ0) is 48.3. The lowest BCUT2D eigenvalue weighted by Gasteiger charge is -2.39. The molecule has 0 spiro atoms. The second-order valence-electron chi connectivity index (χ2n) is 16.8. The fourth-order valence-electron chi connectivity index (χ4n) is 8.43. The molecule has 7 aromatic rings. The monoisotopic (exact) mass is 949 g/mol. The molecule has 16 heteroatoms. The van der Waals surface area contributed by atoms with Crippen molar-refractivity contribution in [2.45, 2.75) is 76.7 Å². The number of nitrogens with zero attached hydrogens (tertiary/aromatic N) is 6. The van der Waals surface area contributed by atoms with Crippen LogP contribution in [0.25, 0.3) is 11.2 Å². The number of rotatable bonds is 21. The Morgan fingerprint density at radius 2 is 1.45 bits per heavy atom. The van der Waals surface area contributed by atoms with Crippen LogP contribution in [0.5, 0.6) is 17.2 Å². The Balaban J connectivity index is 1.16. The second kappa shape index (κ2) is 22.6. The quantitative estimate of drug-likeness (QED) is 0.0238. The van der Waals surface area contributed by atoms with E-state index in [-0.39, 0.29) is 37.7 Å². The summed E-state index contributed by atoms with van der Waals surface area (Å²) in [5, 5.41) is 12.7. The highest BCUT2D eigenvalue weighted by atomic mass is 31.2. The van der Waals surface area contributed by atoms with Crippen molar-refractivity contribution in [2.75, 3.05) is 32.8 Å². The molecular weight excluding hydrogens is 894 g/mol. The van der Waals surface area contributed by atoms with E-state index in [4.69, 9.17) is 37.7 Å².